The summed E-state index contributed by atoms with van der Waals surface area (Å²) in [6.45, 7) is 3.37. The van der Waals surface area contributed by atoms with Crippen LogP contribution in [0.2, 0.25) is 0 Å². The Bertz CT molecular complexity index is 336. The van der Waals surface area contributed by atoms with E-state index in [2.05, 4.69) is 0 Å². The average molecular weight is 152 g/mol. The van der Waals surface area contributed by atoms with Crippen molar-refractivity contribution in [2.24, 2.45) is 0 Å². The van der Waals surface area contributed by atoms with Gasteiger partial charge >= 0.3 is 5.63 Å². The number of rotatable bonds is 1. The van der Waals surface area contributed by atoms with Gasteiger partial charge in [-0.25, -0.2) is 4.79 Å². The summed E-state index contributed by atoms with van der Waals surface area (Å²) in [6, 6.07) is 1.66. The van der Waals surface area contributed by atoms with Gasteiger partial charge in [-0.3, -0.25) is 4.79 Å². The highest BCUT2D eigenvalue weighted by Gasteiger charge is 2.03. The van der Waals surface area contributed by atoms with Crippen LogP contribution < -0.4 is 5.63 Å². The Morgan fingerprint density at radius 3 is 2.55 bits per heavy atom. The molecule has 0 N–H and O–H groups in total. The second-order valence-corrected chi connectivity index (χ2v) is 2.36. The highest BCUT2D eigenvalue weighted by molar-refractivity contribution is 5.75. The van der Waals surface area contributed by atoms with Gasteiger partial charge in [0.15, 0.2) is 6.29 Å². The normalized spacial score (nSPS) is 9.64. The lowest BCUT2D eigenvalue weighted by molar-refractivity contribution is 0.111. The third kappa shape index (κ3) is 1.37. The summed E-state index contributed by atoms with van der Waals surface area (Å²) in [6.07, 6.45) is 0.514. The zero-order valence-electron chi connectivity index (χ0n) is 6.38. The zero-order valence-corrected chi connectivity index (χ0v) is 6.38. The highest BCUT2D eigenvalue weighted by Crippen LogP contribution is 2.02. The van der Waals surface area contributed by atoms with E-state index in [1.807, 2.05) is 0 Å². The standard InChI is InChI=1S/C8H8O3/c1-5-3-6(2)11-8(10)7(5)4-9/h3-4H,1-2H3. The van der Waals surface area contributed by atoms with Gasteiger partial charge in [0.25, 0.3) is 0 Å². The molecule has 1 rings (SSSR count). The molecule has 0 aliphatic rings. The van der Waals surface area contributed by atoms with E-state index in [1.165, 1.54) is 0 Å². The summed E-state index contributed by atoms with van der Waals surface area (Å²) >= 11 is 0. The van der Waals surface area contributed by atoms with Crippen molar-refractivity contribution in [3.63, 3.8) is 0 Å². The Morgan fingerprint density at radius 2 is 2.09 bits per heavy atom. The van der Waals surface area contributed by atoms with E-state index in [1.54, 1.807) is 19.9 Å². The number of carbonyl (C=O) groups is 1. The third-order valence-electron chi connectivity index (χ3n) is 1.44. The van der Waals surface area contributed by atoms with Crippen LogP contribution in [-0.4, -0.2) is 6.29 Å². The molecule has 0 amide bonds. The van der Waals surface area contributed by atoms with Crippen LogP contribution >= 0.6 is 0 Å². The Morgan fingerprint density at radius 1 is 1.45 bits per heavy atom. The van der Waals surface area contributed by atoms with Gasteiger partial charge in [-0.05, 0) is 25.5 Å². The topological polar surface area (TPSA) is 47.3 Å². The van der Waals surface area contributed by atoms with Crippen LogP contribution in [0.25, 0.3) is 0 Å². The first-order valence-corrected chi connectivity index (χ1v) is 3.21. The van der Waals surface area contributed by atoms with Gasteiger partial charge < -0.3 is 4.42 Å². The van der Waals surface area contributed by atoms with Crippen LogP contribution in [0.5, 0.6) is 0 Å². The molecule has 3 nitrogen and oxygen atoms in total. The number of aryl methyl sites for hydroxylation is 2. The van der Waals surface area contributed by atoms with Crippen LogP contribution in [0.1, 0.15) is 21.7 Å². The molecule has 0 bridgehead atoms. The van der Waals surface area contributed by atoms with E-state index >= 15 is 0 Å². The molecule has 1 aromatic heterocycles. The molecule has 0 saturated carbocycles. The molecule has 0 aliphatic carbocycles. The maximum atomic E-state index is 10.9. The smallest absolute Gasteiger partial charge is 0.346 e. The first kappa shape index (κ1) is 7.72. The van der Waals surface area contributed by atoms with Gasteiger partial charge in [0, 0.05) is 0 Å². The number of hydrogen-bond donors (Lipinski definition) is 0. The maximum Gasteiger partial charge on any atom is 0.346 e. The molecule has 0 fully saturated rings. The second-order valence-electron chi connectivity index (χ2n) is 2.36. The molecule has 0 spiro atoms. The lowest BCUT2D eigenvalue weighted by atomic mass is 10.2. The monoisotopic (exact) mass is 152 g/mol. The summed E-state index contributed by atoms with van der Waals surface area (Å²) in [5, 5.41) is 0. The Labute approximate surface area is 63.7 Å². The first-order valence-electron chi connectivity index (χ1n) is 3.21. The summed E-state index contributed by atoms with van der Waals surface area (Å²) < 4.78 is 4.69. The molecule has 11 heavy (non-hydrogen) atoms. The molecule has 0 unspecified atom stereocenters. The minimum Gasteiger partial charge on any atom is -0.428 e. The molecule has 3 heteroatoms. The van der Waals surface area contributed by atoms with Crippen molar-refractivity contribution >= 4 is 6.29 Å². The molecular formula is C8H8O3. The predicted octanol–water partition coefficient (Wildman–Crippen LogP) is 1.07. The van der Waals surface area contributed by atoms with Crippen molar-refractivity contribution in [2.45, 2.75) is 13.8 Å². The number of aldehydes is 1. The van der Waals surface area contributed by atoms with Crippen molar-refractivity contribution in [2.75, 3.05) is 0 Å². The third-order valence-corrected chi connectivity index (χ3v) is 1.44. The van der Waals surface area contributed by atoms with Crippen molar-refractivity contribution in [3.05, 3.63) is 33.4 Å². The van der Waals surface area contributed by atoms with E-state index in [4.69, 9.17) is 4.42 Å². The van der Waals surface area contributed by atoms with Gasteiger partial charge in [-0.15, -0.1) is 0 Å². The largest absolute Gasteiger partial charge is 0.428 e. The molecule has 0 saturated heterocycles. The van der Waals surface area contributed by atoms with Crippen molar-refractivity contribution in [3.8, 4) is 0 Å². The molecule has 0 atom stereocenters. The average Bonchev–Trinajstić information content (AvgIpc) is 1.85. The summed E-state index contributed by atoms with van der Waals surface area (Å²) in [5.41, 5.74) is 0.210. The SMILES string of the molecule is Cc1cc(C)c(C=O)c(=O)o1. The fraction of sp³-hybridized carbons (Fsp3) is 0.250. The van der Waals surface area contributed by atoms with Crippen molar-refractivity contribution in [1.29, 1.82) is 0 Å². The van der Waals surface area contributed by atoms with Crippen LogP contribution in [0.4, 0.5) is 0 Å². The second kappa shape index (κ2) is 2.70. The van der Waals surface area contributed by atoms with E-state index in [0.717, 1.165) is 0 Å². The maximum absolute atomic E-state index is 10.9. The molecule has 1 aromatic rings. The summed E-state index contributed by atoms with van der Waals surface area (Å²) in [4.78, 5) is 21.2. The molecule has 58 valence electrons. The van der Waals surface area contributed by atoms with Crippen molar-refractivity contribution < 1.29 is 9.21 Å². The number of hydrogen-bond acceptors (Lipinski definition) is 3. The van der Waals surface area contributed by atoms with Crippen LogP contribution in [0.15, 0.2) is 15.3 Å². The van der Waals surface area contributed by atoms with Gasteiger partial charge in [0.1, 0.15) is 11.3 Å². The summed E-state index contributed by atoms with van der Waals surface area (Å²) in [5.74, 6) is 0.526. The minimum absolute atomic E-state index is 0.107. The van der Waals surface area contributed by atoms with E-state index in [-0.39, 0.29) is 5.56 Å². The van der Waals surface area contributed by atoms with Gasteiger partial charge in [0.05, 0.1) is 0 Å². The van der Waals surface area contributed by atoms with Crippen molar-refractivity contribution in [1.82, 2.24) is 0 Å². The molecule has 1 heterocycles. The van der Waals surface area contributed by atoms with Gasteiger partial charge in [0.2, 0.25) is 0 Å². The lowest BCUT2D eigenvalue weighted by Gasteiger charge is -1.95. The van der Waals surface area contributed by atoms with E-state index in [9.17, 15) is 9.59 Å². The van der Waals surface area contributed by atoms with Crippen LogP contribution in [0, 0.1) is 13.8 Å². The predicted molar refractivity (Wildman–Crippen MR) is 39.8 cm³/mol. The lowest BCUT2D eigenvalue weighted by Crippen LogP contribution is -2.08. The zero-order chi connectivity index (χ0) is 8.43. The molecule has 0 aromatic carbocycles. The quantitative estimate of drug-likeness (QED) is 0.565. The first-order chi connectivity index (χ1) is 5.15. The highest BCUT2D eigenvalue weighted by atomic mass is 16.4. The molecule has 0 radical (unpaired) electrons. The van der Waals surface area contributed by atoms with Gasteiger partial charge in [-0.2, -0.15) is 0 Å². The van der Waals surface area contributed by atoms with Gasteiger partial charge in [-0.1, -0.05) is 0 Å². The molecular weight excluding hydrogens is 144 g/mol. The minimum atomic E-state index is -0.558. The Kier molecular flexibility index (Phi) is 1.89. The van der Waals surface area contributed by atoms with E-state index in [0.29, 0.717) is 17.6 Å². The Hall–Kier alpha value is -1.38. The van der Waals surface area contributed by atoms with Crippen LogP contribution in [-0.2, 0) is 0 Å². The Balaban J connectivity index is 3.49. The fourth-order valence-corrected chi connectivity index (χ4v) is 0.915. The summed E-state index contributed by atoms with van der Waals surface area (Å²) in [7, 11) is 0. The number of carbonyl (C=O) groups excluding carboxylic acids is 1. The molecule has 0 aliphatic heterocycles. The van der Waals surface area contributed by atoms with E-state index < -0.39 is 5.63 Å². The fourth-order valence-electron chi connectivity index (χ4n) is 0.915. The van der Waals surface area contributed by atoms with Crippen LogP contribution in [0.3, 0.4) is 0 Å².